The Balaban J connectivity index is 3.70. The zero-order valence-electron chi connectivity index (χ0n) is 6.29. The summed E-state index contributed by atoms with van der Waals surface area (Å²) in [6, 6.07) is 0. The molecule has 0 atom stereocenters. The molecule has 10 heavy (non-hydrogen) atoms. The zero-order valence-corrected chi connectivity index (χ0v) is 6.29. The normalized spacial score (nSPS) is 10.1. The Morgan fingerprint density at radius 1 is 1.10 bits per heavy atom. The molecule has 0 aromatic rings. The molecule has 0 spiro atoms. The van der Waals surface area contributed by atoms with Crippen LogP contribution in [0, 0.1) is 5.92 Å². The molecule has 0 aliphatic rings. The Bertz CT molecular complexity index is 132. The molecule has 0 aromatic carbocycles. The van der Waals surface area contributed by atoms with Crippen LogP contribution in [0.4, 0.5) is 0 Å². The van der Waals surface area contributed by atoms with Crippen molar-refractivity contribution >= 4 is 0 Å². The molecule has 0 saturated heterocycles. The zero-order chi connectivity index (χ0) is 7.82. The Morgan fingerprint density at radius 3 is 2.10 bits per heavy atom. The van der Waals surface area contributed by atoms with Crippen LogP contribution in [-0.2, 0) is 0 Å². The Hall–Kier alpha value is -1.04. The van der Waals surface area contributed by atoms with Crippen LogP contribution in [0.1, 0.15) is 6.42 Å². The van der Waals surface area contributed by atoms with Crippen LogP contribution >= 0.6 is 0 Å². The van der Waals surface area contributed by atoms with Gasteiger partial charge < -0.3 is 0 Å². The van der Waals surface area contributed by atoms with Crippen molar-refractivity contribution in [3.63, 3.8) is 0 Å². The molecule has 0 aromatic heterocycles. The summed E-state index contributed by atoms with van der Waals surface area (Å²) in [6.07, 6.45) is 10.6. The molecular weight excluding hydrogens is 120 g/mol. The number of rotatable bonds is 5. The standard InChI is InChI=1S/C10H14/c1-4-7-8-9-10(5-2)6-3/h4-6,8-10H,1-3,7H2/b9-8+. The highest BCUT2D eigenvalue weighted by Crippen LogP contribution is 2.01. The van der Waals surface area contributed by atoms with Gasteiger partial charge in [-0.25, -0.2) is 0 Å². The topological polar surface area (TPSA) is 0 Å². The van der Waals surface area contributed by atoms with Gasteiger partial charge in [0.05, 0.1) is 0 Å². The molecule has 0 saturated carbocycles. The highest BCUT2D eigenvalue weighted by Gasteiger charge is 1.86. The van der Waals surface area contributed by atoms with Gasteiger partial charge >= 0.3 is 0 Å². The lowest BCUT2D eigenvalue weighted by atomic mass is 10.1. The molecule has 0 amide bonds. The van der Waals surface area contributed by atoms with Gasteiger partial charge in [-0.15, -0.1) is 19.7 Å². The van der Waals surface area contributed by atoms with Gasteiger partial charge in [0.25, 0.3) is 0 Å². The Morgan fingerprint density at radius 2 is 1.70 bits per heavy atom. The lowest BCUT2D eigenvalue weighted by Crippen LogP contribution is -1.81. The quantitative estimate of drug-likeness (QED) is 0.507. The van der Waals surface area contributed by atoms with Crippen LogP contribution in [0.15, 0.2) is 50.1 Å². The lowest BCUT2D eigenvalue weighted by molar-refractivity contribution is 1.07. The van der Waals surface area contributed by atoms with E-state index in [1.54, 1.807) is 0 Å². The molecular formula is C10H14. The van der Waals surface area contributed by atoms with E-state index in [9.17, 15) is 0 Å². The first-order valence-electron chi connectivity index (χ1n) is 3.37. The highest BCUT2D eigenvalue weighted by atomic mass is 13.9. The first-order chi connectivity index (χ1) is 4.85. The predicted molar refractivity (Wildman–Crippen MR) is 47.8 cm³/mol. The third-order valence-electron chi connectivity index (χ3n) is 1.21. The smallest absolute Gasteiger partial charge is 0.0122 e. The van der Waals surface area contributed by atoms with Crippen molar-refractivity contribution in [2.75, 3.05) is 0 Å². The predicted octanol–water partition coefficient (Wildman–Crippen LogP) is 3.11. The second-order valence-electron chi connectivity index (χ2n) is 2.00. The fraction of sp³-hybridized carbons (Fsp3) is 0.200. The van der Waals surface area contributed by atoms with Crippen LogP contribution in [-0.4, -0.2) is 0 Å². The van der Waals surface area contributed by atoms with E-state index in [0.29, 0.717) is 5.92 Å². The van der Waals surface area contributed by atoms with E-state index in [-0.39, 0.29) is 0 Å². The van der Waals surface area contributed by atoms with E-state index in [1.807, 2.05) is 18.2 Å². The highest BCUT2D eigenvalue weighted by molar-refractivity contribution is 5.06. The summed E-state index contributed by atoms with van der Waals surface area (Å²) in [6.45, 7) is 10.9. The molecule has 0 unspecified atom stereocenters. The van der Waals surface area contributed by atoms with Crippen LogP contribution in [0.3, 0.4) is 0 Å². The summed E-state index contributed by atoms with van der Waals surface area (Å²) in [5.74, 6) is 0.306. The summed E-state index contributed by atoms with van der Waals surface area (Å²) in [5.41, 5.74) is 0. The van der Waals surface area contributed by atoms with Crippen molar-refractivity contribution in [2.45, 2.75) is 6.42 Å². The van der Waals surface area contributed by atoms with Gasteiger partial charge in [-0.05, 0) is 6.42 Å². The maximum absolute atomic E-state index is 3.66. The first kappa shape index (κ1) is 8.96. The minimum absolute atomic E-state index is 0.306. The van der Waals surface area contributed by atoms with Crippen LogP contribution in [0.25, 0.3) is 0 Å². The largest absolute Gasteiger partial charge is 0.103 e. The van der Waals surface area contributed by atoms with Crippen molar-refractivity contribution < 1.29 is 0 Å². The van der Waals surface area contributed by atoms with Gasteiger partial charge in [0.2, 0.25) is 0 Å². The van der Waals surface area contributed by atoms with E-state index < -0.39 is 0 Å². The average Bonchev–Trinajstić information content (AvgIpc) is 1.99. The number of allylic oxidation sites excluding steroid dienone is 5. The summed E-state index contributed by atoms with van der Waals surface area (Å²) in [7, 11) is 0. The molecule has 0 heterocycles. The fourth-order valence-electron chi connectivity index (χ4n) is 0.585. The van der Waals surface area contributed by atoms with E-state index >= 15 is 0 Å². The van der Waals surface area contributed by atoms with Crippen LogP contribution in [0.2, 0.25) is 0 Å². The second-order valence-corrected chi connectivity index (χ2v) is 2.00. The van der Waals surface area contributed by atoms with Crippen LogP contribution < -0.4 is 0 Å². The van der Waals surface area contributed by atoms with Gasteiger partial charge in [0, 0.05) is 5.92 Å². The molecule has 0 radical (unpaired) electrons. The van der Waals surface area contributed by atoms with Gasteiger partial charge in [-0.1, -0.05) is 30.4 Å². The molecule has 0 rings (SSSR count). The average molecular weight is 134 g/mol. The third kappa shape index (κ3) is 3.90. The molecule has 0 bridgehead atoms. The van der Waals surface area contributed by atoms with E-state index in [2.05, 4.69) is 31.9 Å². The molecule has 0 fully saturated rings. The van der Waals surface area contributed by atoms with E-state index in [0.717, 1.165) is 6.42 Å². The second kappa shape index (κ2) is 6.09. The van der Waals surface area contributed by atoms with Crippen molar-refractivity contribution in [1.29, 1.82) is 0 Å². The molecule has 0 aliphatic carbocycles. The number of hydrogen-bond acceptors (Lipinski definition) is 0. The molecule has 0 N–H and O–H groups in total. The Labute approximate surface area is 63.3 Å². The summed E-state index contributed by atoms with van der Waals surface area (Å²) in [5, 5.41) is 0. The van der Waals surface area contributed by atoms with Crippen LogP contribution in [0.5, 0.6) is 0 Å². The summed E-state index contributed by atoms with van der Waals surface area (Å²) >= 11 is 0. The molecule has 0 heteroatoms. The summed E-state index contributed by atoms with van der Waals surface area (Å²) < 4.78 is 0. The molecule has 0 nitrogen and oxygen atoms in total. The SMILES string of the molecule is C=CC/C=C/C(C=C)C=C. The maximum atomic E-state index is 3.66. The van der Waals surface area contributed by atoms with Gasteiger partial charge in [-0.2, -0.15) is 0 Å². The van der Waals surface area contributed by atoms with Crippen molar-refractivity contribution in [1.82, 2.24) is 0 Å². The monoisotopic (exact) mass is 134 g/mol. The van der Waals surface area contributed by atoms with Gasteiger partial charge in [0.15, 0.2) is 0 Å². The van der Waals surface area contributed by atoms with Crippen molar-refractivity contribution in [2.24, 2.45) is 5.92 Å². The maximum Gasteiger partial charge on any atom is 0.0122 e. The van der Waals surface area contributed by atoms with Gasteiger partial charge in [-0.3, -0.25) is 0 Å². The molecule has 0 aliphatic heterocycles. The number of hydrogen-bond donors (Lipinski definition) is 0. The summed E-state index contributed by atoms with van der Waals surface area (Å²) in [4.78, 5) is 0. The van der Waals surface area contributed by atoms with E-state index in [1.165, 1.54) is 0 Å². The first-order valence-corrected chi connectivity index (χ1v) is 3.37. The van der Waals surface area contributed by atoms with Gasteiger partial charge in [0.1, 0.15) is 0 Å². The minimum atomic E-state index is 0.306. The van der Waals surface area contributed by atoms with Crippen molar-refractivity contribution in [3.8, 4) is 0 Å². The minimum Gasteiger partial charge on any atom is -0.103 e. The third-order valence-corrected chi connectivity index (χ3v) is 1.21. The Kier molecular flexibility index (Phi) is 5.45. The fourth-order valence-corrected chi connectivity index (χ4v) is 0.585. The van der Waals surface area contributed by atoms with Crippen molar-refractivity contribution in [3.05, 3.63) is 50.1 Å². The molecule has 54 valence electrons. The van der Waals surface area contributed by atoms with E-state index in [4.69, 9.17) is 0 Å². The lowest BCUT2D eigenvalue weighted by Gasteiger charge is -1.95.